The molecule has 0 atom stereocenters. The first-order valence-corrected chi connectivity index (χ1v) is 11.0. The topological polar surface area (TPSA) is 101 Å². The van der Waals surface area contributed by atoms with Gasteiger partial charge >= 0.3 is 12.1 Å². The normalized spacial score (nSPS) is 19.2. The number of aromatic nitrogens is 3. The van der Waals surface area contributed by atoms with Gasteiger partial charge in [0.25, 0.3) is 0 Å². The maximum Gasteiger partial charge on any atom is 0.410 e. The minimum Gasteiger partial charge on any atom is -0.477 e. The lowest BCUT2D eigenvalue weighted by Crippen LogP contribution is -2.60. The summed E-state index contributed by atoms with van der Waals surface area (Å²) in [5.74, 6) is -0.719. The van der Waals surface area contributed by atoms with Crippen molar-refractivity contribution >= 4 is 28.8 Å². The van der Waals surface area contributed by atoms with E-state index in [0.29, 0.717) is 37.8 Å². The van der Waals surface area contributed by atoms with Crippen molar-refractivity contribution in [1.82, 2.24) is 19.7 Å². The Labute approximate surface area is 184 Å². The van der Waals surface area contributed by atoms with Crippen LogP contribution in [0.4, 0.5) is 10.5 Å². The Kier molecular flexibility index (Phi) is 4.31. The molecule has 32 heavy (non-hydrogen) atoms. The Bertz CT molecular complexity index is 1210. The van der Waals surface area contributed by atoms with Gasteiger partial charge in [-0.25, -0.2) is 19.3 Å². The predicted octanol–water partition coefficient (Wildman–Crippen LogP) is 3.03. The average molecular weight is 433 g/mol. The summed E-state index contributed by atoms with van der Waals surface area (Å²) in [6.07, 6.45) is 3.04. The van der Waals surface area contributed by atoms with E-state index in [1.165, 1.54) is 6.42 Å². The van der Waals surface area contributed by atoms with E-state index in [9.17, 15) is 14.7 Å². The molecule has 6 rings (SSSR count). The van der Waals surface area contributed by atoms with Crippen molar-refractivity contribution in [1.29, 1.82) is 0 Å². The zero-order valence-electron chi connectivity index (χ0n) is 17.5. The average Bonchev–Trinajstić information content (AvgIpc) is 3.30. The number of rotatable bonds is 5. The third kappa shape index (κ3) is 2.91. The number of carbonyl (C=O) groups is 2. The first-order valence-electron chi connectivity index (χ1n) is 11.0. The molecule has 1 amide bonds. The van der Waals surface area contributed by atoms with Gasteiger partial charge in [-0.05, 0) is 31.0 Å². The van der Waals surface area contributed by atoms with E-state index in [4.69, 9.17) is 9.84 Å². The van der Waals surface area contributed by atoms with E-state index in [-0.39, 0.29) is 17.8 Å². The SMILES string of the molecule is O=C(O)c1cc(N2CC(N3CCOC3=O)C2)c2c(C3CCC3)nn(-c3ccccc3)c2n1. The molecule has 1 aromatic carbocycles. The molecule has 1 N–H and O–H groups in total. The second kappa shape index (κ2) is 7.22. The number of ether oxygens (including phenoxy) is 1. The number of nitrogens with zero attached hydrogens (tertiary/aromatic N) is 5. The van der Waals surface area contributed by atoms with Crippen molar-refractivity contribution in [3.8, 4) is 5.69 Å². The molecule has 2 saturated heterocycles. The minimum absolute atomic E-state index is 0.00577. The molecule has 2 aliphatic heterocycles. The van der Waals surface area contributed by atoms with Gasteiger partial charge in [0.1, 0.15) is 6.61 Å². The summed E-state index contributed by atoms with van der Waals surface area (Å²) in [7, 11) is 0. The van der Waals surface area contributed by atoms with Crippen LogP contribution in [-0.4, -0.2) is 69.1 Å². The number of pyridine rings is 1. The van der Waals surface area contributed by atoms with E-state index in [1.54, 1.807) is 15.6 Å². The Morgan fingerprint density at radius 2 is 1.94 bits per heavy atom. The van der Waals surface area contributed by atoms with Crippen LogP contribution in [0.2, 0.25) is 0 Å². The lowest BCUT2D eigenvalue weighted by molar-refractivity contribution is 0.0691. The predicted molar refractivity (Wildman–Crippen MR) is 116 cm³/mol. The first-order chi connectivity index (χ1) is 15.6. The van der Waals surface area contributed by atoms with Crippen molar-refractivity contribution < 1.29 is 19.4 Å². The number of hydrogen-bond donors (Lipinski definition) is 1. The molecule has 3 fully saturated rings. The number of carboxylic acid groups (broad SMARTS) is 1. The highest BCUT2D eigenvalue weighted by Crippen LogP contribution is 2.43. The Balaban J connectivity index is 1.48. The van der Waals surface area contributed by atoms with Gasteiger partial charge in [0.05, 0.1) is 35.0 Å². The maximum atomic E-state index is 11.9. The van der Waals surface area contributed by atoms with E-state index < -0.39 is 5.97 Å². The van der Waals surface area contributed by atoms with E-state index in [1.807, 2.05) is 30.3 Å². The van der Waals surface area contributed by atoms with Crippen LogP contribution in [0.5, 0.6) is 0 Å². The number of anilines is 1. The quantitative estimate of drug-likeness (QED) is 0.660. The molecule has 0 spiro atoms. The van der Waals surface area contributed by atoms with E-state index >= 15 is 0 Å². The molecule has 2 aromatic heterocycles. The van der Waals surface area contributed by atoms with Crippen LogP contribution < -0.4 is 4.90 Å². The zero-order valence-corrected chi connectivity index (χ0v) is 17.5. The molecule has 4 heterocycles. The lowest BCUT2D eigenvalue weighted by Gasteiger charge is -2.44. The van der Waals surface area contributed by atoms with Crippen LogP contribution >= 0.6 is 0 Å². The summed E-state index contributed by atoms with van der Waals surface area (Å²) in [6.45, 7) is 2.29. The summed E-state index contributed by atoms with van der Waals surface area (Å²) >= 11 is 0. The highest BCUT2D eigenvalue weighted by Gasteiger charge is 2.40. The molecule has 0 bridgehead atoms. The van der Waals surface area contributed by atoms with Gasteiger partial charge in [-0.1, -0.05) is 24.6 Å². The number of carboxylic acids is 1. The molecule has 9 nitrogen and oxygen atoms in total. The third-order valence-electron chi connectivity index (χ3n) is 6.79. The molecule has 3 aliphatic rings. The second-order valence-electron chi connectivity index (χ2n) is 8.66. The third-order valence-corrected chi connectivity index (χ3v) is 6.79. The largest absolute Gasteiger partial charge is 0.477 e. The van der Waals surface area contributed by atoms with Gasteiger partial charge in [0.2, 0.25) is 0 Å². The molecule has 0 radical (unpaired) electrons. The number of hydrogen-bond acceptors (Lipinski definition) is 6. The van der Waals surface area contributed by atoms with Crippen LogP contribution in [0.3, 0.4) is 0 Å². The summed E-state index contributed by atoms with van der Waals surface area (Å²) in [6, 6.07) is 11.4. The van der Waals surface area contributed by atoms with Crippen molar-refractivity contribution in [3.63, 3.8) is 0 Å². The van der Waals surface area contributed by atoms with Gasteiger partial charge in [-0.2, -0.15) is 5.10 Å². The maximum absolute atomic E-state index is 11.9. The van der Waals surface area contributed by atoms with Crippen molar-refractivity contribution in [2.45, 2.75) is 31.2 Å². The Morgan fingerprint density at radius 1 is 1.16 bits per heavy atom. The Hall–Kier alpha value is -3.62. The fourth-order valence-electron chi connectivity index (χ4n) is 4.78. The molecule has 164 valence electrons. The second-order valence-corrected chi connectivity index (χ2v) is 8.66. The lowest BCUT2D eigenvalue weighted by atomic mass is 9.81. The van der Waals surface area contributed by atoms with Gasteiger partial charge in [0.15, 0.2) is 11.3 Å². The Morgan fingerprint density at radius 3 is 2.56 bits per heavy atom. The van der Waals surface area contributed by atoms with Crippen LogP contribution in [0.1, 0.15) is 41.4 Å². The smallest absolute Gasteiger partial charge is 0.410 e. The van der Waals surface area contributed by atoms with Crippen molar-refractivity contribution in [2.75, 3.05) is 31.1 Å². The molecular formula is C23H23N5O4. The standard InChI is InChI=1S/C23H23N5O4/c29-22(30)17-11-18(26-12-16(13-26)27-9-10-32-23(27)31)19-20(14-5-4-6-14)25-28(21(19)24-17)15-7-2-1-3-8-15/h1-3,7-8,11,14,16H,4-6,9-10,12-13H2,(H,29,30). The van der Waals surface area contributed by atoms with Gasteiger partial charge in [0, 0.05) is 19.0 Å². The van der Waals surface area contributed by atoms with Crippen LogP contribution in [-0.2, 0) is 4.74 Å². The summed E-state index contributed by atoms with van der Waals surface area (Å²) in [5.41, 5.74) is 3.23. The molecule has 3 aromatic rings. The van der Waals surface area contributed by atoms with Crippen LogP contribution in [0, 0.1) is 0 Å². The molecule has 0 unspecified atom stereocenters. The monoisotopic (exact) mass is 433 g/mol. The van der Waals surface area contributed by atoms with Crippen molar-refractivity contribution in [2.24, 2.45) is 0 Å². The molecular weight excluding hydrogens is 410 g/mol. The summed E-state index contributed by atoms with van der Waals surface area (Å²) in [5, 5.41) is 15.6. The number of aromatic carboxylic acids is 1. The van der Waals surface area contributed by atoms with Gasteiger partial charge in [-0.15, -0.1) is 0 Å². The first kappa shape index (κ1) is 19.1. The van der Waals surface area contributed by atoms with E-state index in [0.717, 1.165) is 35.3 Å². The fraction of sp³-hybridized carbons (Fsp3) is 0.391. The number of para-hydroxylation sites is 1. The minimum atomic E-state index is -1.07. The summed E-state index contributed by atoms with van der Waals surface area (Å²) < 4.78 is 6.85. The molecule has 9 heteroatoms. The van der Waals surface area contributed by atoms with Crippen LogP contribution in [0.15, 0.2) is 36.4 Å². The number of benzene rings is 1. The number of carbonyl (C=O) groups excluding carboxylic acids is 1. The molecule has 1 aliphatic carbocycles. The summed E-state index contributed by atoms with van der Waals surface area (Å²) in [4.78, 5) is 32.3. The van der Waals surface area contributed by atoms with Gasteiger partial charge in [-0.3, -0.25) is 4.90 Å². The number of cyclic esters (lactones) is 1. The van der Waals surface area contributed by atoms with Crippen LogP contribution in [0.25, 0.3) is 16.7 Å². The van der Waals surface area contributed by atoms with E-state index in [2.05, 4.69) is 9.88 Å². The fourth-order valence-corrected chi connectivity index (χ4v) is 4.78. The highest BCUT2D eigenvalue weighted by atomic mass is 16.6. The number of amides is 1. The van der Waals surface area contributed by atoms with Crippen molar-refractivity contribution in [3.05, 3.63) is 47.8 Å². The number of fused-ring (bicyclic) bond motifs is 1. The zero-order chi connectivity index (χ0) is 21.8. The highest BCUT2D eigenvalue weighted by molar-refractivity contribution is 5.99. The molecule has 1 saturated carbocycles. The van der Waals surface area contributed by atoms with Gasteiger partial charge < -0.3 is 14.7 Å².